The van der Waals surface area contributed by atoms with Crippen molar-refractivity contribution in [1.29, 1.82) is 0 Å². The van der Waals surface area contributed by atoms with Gasteiger partial charge < -0.3 is 9.30 Å². The monoisotopic (exact) mass is 501 g/mol. The van der Waals surface area contributed by atoms with Gasteiger partial charge in [0.15, 0.2) is 4.80 Å². The van der Waals surface area contributed by atoms with Crippen molar-refractivity contribution >= 4 is 37.5 Å². The van der Waals surface area contributed by atoms with Gasteiger partial charge in [-0.15, -0.1) is 0 Å². The maximum absolute atomic E-state index is 13.0. The van der Waals surface area contributed by atoms with Crippen LogP contribution in [0, 0.1) is 13.8 Å². The average Bonchev–Trinajstić information content (AvgIpc) is 3.43. The summed E-state index contributed by atoms with van der Waals surface area (Å²) in [5.74, 6) is -0.387. The van der Waals surface area contributed by atoms with Crippen molar-refractivity contribution in [2.75, 3.05) is 20.2 Å². The number of rotatable bonds is 7. The maximum atomic E-state index is 13.0. The van der Waals surface area contributed by atoms with Crippen LogP contribution in [0.25, 0.3) is 10.2 Å². The molecule has 9 heteroatoms. The Hall–Kier alpha value is -2.33. The molecule has 1 saturated heterocycles. The number of nitrogens with zero attached hydrogens (tertiary/aromatic N) is 3. The van der Waals surface area contributed by atoms with E-state index in [4.69, 9.17) is 4.74 Å². The van der Waals surface area contributed by atoms with Crippen LogP contribution in [0.1, 0.15) is 47.7 Å². The summed E-state index contributed by atoms with van der Waals surface area (Å²) in [5.41, 5.74) is 3.79. The number of ether oxygens (including phenoxy) is 1. The number of carbonyl (C=O) groups excluding carboxylic acids is 1. The van der Waals surface area contributed by atoms with E-state index in [0.29, 0.717) is 23.5 Å². The summed E-state index contributed by atoms with van der Waals surface area (Å²) >= 11 is 1.51. The quantitative estimate of drug-likeness (QED) is 0.484. The van der Waals surface area contributed by atoms with Crippen LogP contribution in [0.2, 0.25) is 0 Å². The summed E-state index contributed by atoms with van der Waals surface area (Å²) in [7, 11) is -2.10. The molecule has 1 aromatic heterocycles. The standard InChI is InChI=1S/C25H31N3O4S2/c1-5-12-28-22-15-17(2)14-18(3)23(22)33-25(28)26-24(29)19-8-10-21(11-9-19)34(30,31)27(4)16-20-7-6-13-32-20/h8-11,14-15,20H,5-7,12-13,16H2,1-4H3. The highest BCUT2D eigenvalue weighted by Crippen LogP contribution is 2.24. The third kappa shape index (κ3) is 5.02. The number of carbonyl (C=O) groups is 1. The SMILES string of the molecule is CCCn1c(=NC(=O)c2ccc(S(=O)(=O)N(C)CC3CCCO3)cc2)sc2c(C)cc(C)cc21. The Morgan fingerprint density at radius 1 is 1.24 bits per heavy atom. The number of aromatic nitrogens is 1. The number of amides is 1. The van der Waals surface area contributed by atoms with Gasteiger partial charge >= 0.3 is 0 Å². The fourth-order valence-corrected chi connectivity index (χ4v) is 6.62. The van der Waals surface area contributed by atoms with E-state index in [1.165, 1.54) is 51.0 Å². The van der Waals surface area contributed by atoms with E-state index in [2.05, 4.69) is 42.5 Å². The number of sulfonamides is 1. The number of fused-ring (bicyclic) bond motifs is 1. The molecule has 2 aromatic carbocycles. The fraction of sp³-hybridized carbons (Fsp3) is 0.440. The molecule has 1 fully saturated rings. The largest absolute Gasteiger partial charge is 0.377 e. The molecule has 34 heavy (non-hydrogen) atoms. The van der Waals surface area contributed by atoms with Crippen LogP contribution in [-0.4, -0.2) is 49.5 Å². The summed E-state index contributed by atoms with van der Waals surface area (Å²) in [4.78, 5) is 18.2. The predicted molar refractivity (Wildman–Crippen MR) is 135 cm³/mol. The van der Waals surface area contributed by atoms with E-state index >= 15 is 0 Å². The molecule has 0 saturated carbocycles. The Kier molecular flexibility index (Phi) is 7.37. The zero-order valence-corrected chi connectivity index (χ0v) is 21.7. The molecule has 1 amide bonds. The molecule has 2 heterocycles. The van der Waals surface area contributed by atoms with Crippen LogP contribution in [0.15, 0.2) is 46.3 Å². The van der Waals surface area contributed by atoms with Crippen LogP contribution >= 0.6 is 11.3 Å². The minimum absolute atomic E-state index is 0.0667. The lowest BCUT2D eigenvalue weighted by atomic mass is 10.1. The summed E-state index contributed by atoms with van der Waals surface area (Å²) < 4.78 is 36.0. The second-order valence-corrected chi connectivity index (χ2v) is 11.9. The normalized spacial score (nSPS) is 17.2. The lowest BCUT2D eigenvalue weighted by Gasteiger charge is -2.20. The van der Waals surface area contributed by atoms with Gasteiger partial charge in [0.1, 0.15) is 0 Å². The molecule has 3 aromatic rings. The van der Waals surface area contributed by atoms with E-state index in [1.807, 2.05) is 0 Å². The van der Waals surface area contributed by atoms with Crippen LogP contribution in [0.4, 0.5) is 0 Å². The summed E-state index contributed by atoms with van der Waals surface area (Å²) in [6, 6.07) is 10.3. The Balaban J connectivity index is 1.61. The summed E-state index contributed by atoms with van der Waals surface area (Å²) in [5, 5.41) is 0. The lowest BCUT2D eigenvalue weighted by Crippen LogP contribution is -2.34. The van der Waals surface area contributed by atoms with Crippen molar-refractivity contribution in [3.05, 3.63) is 57.9 Å². The lowest BCUT2D eigenvalue weighted by molar-refractivity contribution is 0.0979. The van der Waals surface area contributed by atoms with Crippen LogP contribution in [0.3, 0.4) is 0 Å². The number of thiazole rings is 1. The molecule has 0 N–H and O–H groups in total. The van der Waals surface area contributed by atoms with Gasteiger partial charge in [0.05, 0.1) is 21.2 Å². The topological polar surface area (TPSA) is 81.0 Å². The van der Waals surface area contributed by atoms with E-state index in [9.17, 15) is 13.2 Å². The minimum Gasteiger partial charge on any atom is -0.377 e. The number of benzene rings is 2. The Bertz CT molecular complexity index is 1370. The second-order valence-electron chi connectivity index (χ2n) is 8.83. The molecule has 0 aliphatic carbocycles. The molecule has 1 unspecified atom stereocenters. The van der Waals surface area contributed by atoms with Crippen molar-refractivity contribution < 1.29 is 17.9 Å². The van der Waals surface area contributed by atoms with Gasteiger partial charge in [-0.3, -0.25) is 4.79 Å². The number of hydrogen-bond acceptors (Lipinski definition) is 5. The number of hydrogen-bond donors (Lipinski definition) is 0. The Morgan fingerprint density at radius 3 is 2.62 bits per heavy atom. The van der Waals surface area contributed by atoms with Crippen LogP contribution < -0.4 is 4.80 Å². The molecule has 4 rings (SSSR count). The maximum Gasteiger partial charge on any atom is 0.279 e. The van der Waals surface area contributed by atoms with E-state index in [0.717, 1.165) is 36.0 Å². The van der Waals surface area contributed by atoms with Gasteiger partial charge in [-0.25, -0.2) is 8.42 Å². The minimum atomic E-state index is -3.66. The fourth-order valence-electron chi connectivity index (χ4n) is 4.31. The summed E-state index contributed by atoms with van der Waals surface area (Å²) in [6.07, 6.45) is 2.68. The Morgan fingerprint density at radius 2 is 1.97 bits per heavy atom. The molecular formula is C25H31N3O4S2. The predicted octanol–water partition coefficient (Wildman–Crippen LogP) is 4.27. The molecule has 0 bridgehead atoms. The van der Waals surface area contributed by atoms with Crippen LogP contribution in [0.5, 0.6) is 0 Å². The van der Waals surface area contributed by atoms with Crippen LogP contribution in [-0.2, 0) is 21.3 Å². The highest BCUT2D eigenvalue weighted by atomic mass is 32.2. The zero-order chi connectivity index (χ0) is 24.5. The smallest absolute Gasteiger partial charge is 0.279 e. The number of aryl methyl sites for hydroxylation is 3. The molecule has 0 radical (unpaired) electrons. The van der Waals surface area contributed by atoms with Gasteiger partial charge in [0, 0.05) is 32.3 Å². The van der Waals surface area contributed by atoms with Gasteiger partial charge in [0.2, 0.25) is 10.0 Å². The summed E-state index contributed by atoms with van der Waals surface area (Å²) in [6.45, 7) is 8.00. The third-order valence-corrected chi connectivity index (χ3v) is 9.12. The van der Waals surface area contributed by atoms with E-state index < -0.39 is 10.0 Å². The van der Waals surface area contributed by atoms with Crippen molar-refractivity contribution in [3.63, 3.8) is 0 Å². The second kappa shape index (κ2) is 10.1. The zero-order valence-electron chi connectivity index (χ0n) is 20.1. The van der Waals surface area contributed by atoms with E-state index in [1.54, 1.807) is 7.05 Å². The van der Waals surface area contributed by atoms with Crippen molar-refractivity contribution in [2.24, 2.45) is 4.99 Å². The third-order valence-electron chi connectivity index (χ3n) is 6.05. The molecule has 1 aliphatic rings. The first kappa shape index (κ1) is 24.8. The molecule has 1 aliphatic heterocycles. The van der Waals surface area contributed by atoms with Crippen molar-refractivity contribution in [1.82, 2.24) is 8.87 Å². The van der Waals surface area contributed by atoms with Crippen molar-refractivity contribution in [3.8, 4) is 0 Å². The molecule has 0 spiro atoms. The molecule has 182 valence electrons. The molecule has 7 nitrogen and oxygen atoms in total. The highest BCUT2D eigenvalue weighted by molar-refractivity contribution is 7.89. The first-order valence-electron chi connectivity index (χ1n) is 11.6. The Labute approximate surface area is 204 Å². The average molecular weight is 502 g/mol. The first-order valence-corrected chi connectivity index (χ1v) is 13.8. The van der Waals surface area contributed by atoms with Crippen molar-refractivity contribution in [2.45, 2.75) is 57.6 Å². The molecule has 1 atom stereocenters. The number of likely N-dealkylation sites (N-methyl/N-ethyl adjacent to an activating group) is 1. The van der Waals surface area contributed by atoms with Gasteiger partial charge in [-0.1, -0.05) is 24.3 Å². The van der Waals surface area contributed by atoms with Gasteiger partial charge in [-0.05, 0) is 74.6 Å². The van der Waals surface area contributed by atoms with E-state index in [-0.39, 0.29) is 16.9 Å². The molecular weight excluding hydrogens is 470 g/mol. The van der Waals surface area contributed by atoms with Gasteiger partial charge in [-0.2, -0.15) is 9.30 Å². The first-order chi connectivity index (χ1) is 16.2. The van der Waals surface area contributed by atoms with Gasteiger partial charge in [0.25, 0.3) is 5.91 Å². The highest BCUT2D eigenvalue weighted by Gasteiger charge is 2.26.